The van der Waals surface area contributed by atoms with Crippen LogP contribution in [0, 0.1) is 17.8 Å². The molecule has 26 heavy (non-hydrogen) atoms. The molecule has 0 bridgehead atoms. The Balaban J connectivity index is 2.52. The van der Waals surface area contributed by atoms with Gasteiger partial charge in [0.15, 0.2) is 0 Å². The van der Waals surface area contributed by atoms with Crippen molar-refractivity contribution in [3.8, 4) is 0 Å². The molecule has 1 saturated carbocycles. The molecule has 4 heteroatoms. The Morgan fingerprint density at radius 1 is 1.38 bits per heavy atom. The van der Waals surface area contributed by atoms with Crippen molar-refractivity contribution < 1.29 is 23.9 Å². The van der Waals surface area contributed by atoms with Gasteiger partial charge < -0.3 is 10.2 Å². The second-order valence-corrected chi connectivity index (χ2v) is 7.33. The summed E-state index contributed by atoms with van der Waals surface area (Å²) in [5.41, 5.74) is 0. The normalized spacial score (nSPS) is 25.3. The lowest BCUT2D eigenvalue weighted by atomic mass is 9.89. The Kier molecular flexibility index (Phi) is 8.88. The Hall–Kier alpha value is -1.42. The summed E-state index contributed by atoms with van der Waals surface area (Å²) in [4.78, 5) is 22.6. The minimum Gasteiger partial charge on any atom is -0.478 e. The minimum absolute atomic E-state index is 0.0552. The van der Waals surface area contributed by atoms with Crippen LogP contribution in [-0.4, -0.2) is 28.1 Å². The SMILES string of the molecule is [2H]C([2H])([2H])[C@@H](CCCC)C[C@H](O)/C=C/[C@H]1CCC(=O)[C@@H]1CCCC/C=C/C(=O)O. The molecule has 0 aromatic heterocycles. The Morgan fingerprint density at radius 3 is 2.88 bits per heavy atom. The van der Waals surface area contributed by atoms with Gasteiger partial charge in [0.25, 0.3) is 0 Å². The summed E-state index contributed by atoms with van der Waals surface area (Å²) in [6.45, 7) is -0.0441. The molecule has 1 rings (SSSR count). The van der Waals surface area contributed by atoms with E-state index in [2.05, 4.69) is 0 Å². The van der Waals surface area contributed by atoms with Crippen molar-refractivity contribution in [3.05, 3.63) is 24.3 Å². The number of aliphatic carboxylic acids is 1. The average Bonchev–Trinajstić information content (AvgIpc) is 2.98. The lowest BCUT2D eigenvalue weighted by Crippen LogP contribution is -2.14. The highest BCUT2D eigenvalue weighted by Gasteiger charge is 2.32. The van der Waals surface area contributed by atoms with Crippen LogP contribution in [0.15, 0.2) is 24.3 Å². The first kappa shape index (κ1) is 18.0. The smallest absolute Gasteiger partial charge is 0.327 e. The fraction of sp³-hybridized carbons (Fsp3) is 0.727. The second kappa shape index (κ2) is 12.9. The number of carbonyl (C=O) groups excluding carboxylic acids is 1. The van der Waals surface area contributed by atoms with Gasteiger partial charge in [0.1, 0.15) is 5.78 Å². The zero-order chi connectivity index (χ0) is 21.9. The Labute approximate surface area is 162 Å². The molecule has 0 saturated heterocycles. The molecule has 1 aliphatic carbocycles. The van der Waals surface area contributed by atoms with Gasteiger partial charge in [-0.2, -0.15) is 0 Å². The van der Waals surface area contributed by atoms with Gasteiger partial charge in [-0.1, -0.05) is 57.7 Å². The van der Waals surface area contributed by atoms with Crippen LogP contribution >= 0.6 is 0 Å². The number of Topliss-reactive ketones (excluding diaryl/α,β-unsaturated/α-hetero) is 1. The van der Waals surface area contributed by atoms with Crippen molar-refractivity contribution in [2.45, 2.75) is 84.1 Å². The predicted molar refractivity (Wildman–Crippen MR) is 105 cm³/mol. The maximum absolute atomic E-state index is 12.2. The molecule has 148 valence electrons. The number of rotatable bonds is 13. The first-order chi connectivity index (χ1) is 13.6. The summed E-state index contributed by atoms with van der Waals surface area (Å²) in [7, 11) is 0. The maximum Gasteiger partial charge on any atom is 0.327 e. The van der Waals surface area contributed by atoms with Crippen LogP contribution in [0.3, 0.4) is 0 Å². The van der Waals surface area contributed by atoms with E-state index in [0.29, 0.717) is 19.3 Å². The molecule has 0 aromatic carbocycles. The van der Waals surface area contributed by atoms with Crippen molar-refractivity contribution in [2.24, 2.45) is 17.8 Å². The molecular weight excluding hydrogens is 328 g/mol. The highest BCUT2D eigenvalue weighted by atomic mass is 16.4. The summed E-state index contributed by atoms with van der Waals surface area (Å²) < 4.78 is 23.0. The quantitative estimate of drug-likeness (QED) is 0.275. The highest BCUT2D eigenvalue weighted by molar-refractivity contribution is 5.83. The van der Waals surface area contributed by atoms with Gasteiger partial charge >= 0.3 is 5.97 Å². The average molecular weight is 368 g/mol. The molecule has 0 heterocycles. The van der Waals surface area contributed by atoms with Gasteiger partial charge in [0, 0.05) is 22.5 Å². The van der Waals surface area contributed by atoms with Crippen molar-refractivity contribution >= 4 is 11.8 Å². The third kappa shape index (κ3) is 9.33. The first-order valence-electron chi connectivity index (χ1n) is 11.4. The summed E-state index contributed by atoms with van der Waals surface area (Å²) in [5, 5.41) is 18.9. The van der Waals surface area contributed by atoms with E-state index in [1.165, 1.54) is 0 Å². The van der Waals surface area contributed by atoms with Crippen LogP contribution < -0.4 is 0 Å². The van der Waals surface area contributed by atoms with Gasteiger partial charge in [-0.05, 0) is 43.9 Å². The van der Waals surface area contributed by atoms with Crippen molar-refractivity contribution in [1.29, 1.82) is 0 Å². The van der Waals surface area contributed by atoms with Gasteiger partial charge in [-0.3, -0.25) is 4.79 Å². The van der Waals surface area contributed by atoms with E-state index >= 15 is 0 Å². The third-order valence-electron chi connectivity index (χ3n) is 5.06. The molecule has 0 aromatic rings. The molecule has 0 radical (unpaired) electrons. The van der Waals surface area contributed by atoms with E-state index in [-0.39, 0.29) is 24.0 Å². The van der Waals surface area contributed by atoms with Gasteiger partial charge in [0.2, 0.25) is 0 Å². The van der Waals surface area contributed by atoms with E-state index in [1.54, 1.807) is 12.2 Å². The van der Waals surface area contributed by atoms with E-state index in [4.69, 9.17) is 9.22 Å². The molecule has 1 fully saturated rings. The number of hydrogen-bond acceptors (Lipinski definition) is 3. The fourth-order valence-corrected chi connectivity index (χ4v) is 3.56. The topological polar surface area (TPSA) is 74.6 Å². The maximum atomic E-state index is 12.2. The first-order valence-corrected chi connectivity index (χ1v) is 9.93. The standard InChI is InChI=1S/C22H36O4/c1-3-4-9-17(2)16-19(23)14-12-18-13-15-21(24)20(18)10-7-5-6-8-11-22(25)26/h8,11-12,14,17-20,23H,3-7,9-10,13,15-16H2,1-2H3,(H,25,26)/b11-8+,14-12+/t17-,18-,19+,20+/m0/s1/i2D3. The monoisotopic (exact) mass is 367 g/mol. The number of aliphatic hydroxyl groups is 1. The van der Waals surface area contributed by atoms with Crippen LogP contribution in [0.2, 0.25) is 0 Å². The summed E-state index contributed by atoms with van der Waals surface area (Å²) >= 11 is 0. The predicted octanol–water partition coefficient (Wildman–Crippen LogP) is 4.92. The summed E-state index contributed by atoms with van der Waals surface area (Å²) in [6.07, 6.45) is 12.5. The molecule has 2 N–H and O–H groups in total. The van der Waals surface area contributed by atoms with Crippen molar-refractivity contribution in [3.63, 3.8) is 0 Å². The zero-order valence-corrected chi connectivity index (χ0v) is 15.9. The molecule has 0 amide bonds. The van der Waals surface area contributed by atoms with E-state index in [0.717, 1.165) is 44.6 Å². The van der Waals surface area contributed by atoms with E-state index in [9.17, 15) is 14.7 Å². The number of allylic oxidation sites excluding steroid dienone is 2. The molecule has 1 aliphatic rings. The fourth-order valence-electron chi connectivity index (χ4n) is 3.56. The molecule has 4 atom stereocenters. The van der Waals surface area contributed by atoms with Crippen LogP contribution in [0.5, 0.6) is 0 Å². The van der Waals surface area contributed by atoms with E-state index in [1.807, 2.05) is 13.0 Å². The van der Waals surface area contributed by atoms with Crippen molar-refractivity contribution in [2.75, 3.05) is 0 Å². The third-order valence-corrected chi connectivity index (χ3v) is 5.06. The lowest BCUT2D eigenvalue weighted by molar-refractivity contribution is -0.131. The largest absolute Gasteiger partial charge is 0.478 e. The molecule has 4 nitrogen and oxygen atoms in total. The number of hydrogen-bond donors (Lipinski definition) is 2. The minimum atomic E-state index is -2.06. The summed E-state index contributed by atoms with van der Waals surface area (Å²) in [5.74, 6) is -1.18. The highest BCUT2D eigenvalue weighted by Crippen LogP contribution is 2.34. The van der Waals surface area contributed by atoms with E-state index < -0.39 is 24.8 Å². The molecule has 0 unspecified atom stereocenters. The Bertz CT molecular complexity index is 569. The molecular formula is C22H36O4. The van der Waals surface area contributed by atoms with Crippen LogP contribution in [0.1, 0.15) is 82.1 Å². The summed E-state index contributed by atoms with van der Waals surface area (Å²) in [6, 6.07) is 0. The number of carboxylic acids is 1. The van der Waals surface area contributed by atoms with Crippen molar-refractivity contribution in [1.82, 2.24) is 0 Å². The number of ketones is 1. The molecule has 0 aliphatic heterocycles. The Morgan fingerprint density at radius 2 is 2.19 bits per heavy atom. The van der Waals surface area contributed by atoms with Gasteiger partial charge in [0.05, 0.1) is 6.10 Å². The second-order valence-electron chi connectivity index (χ2n) is 7.33. The van der Waals surface area contributed by atoms with Crippen LogP contribution in [0.4, 0.5) is 0 Å². The van der Waals surface area contributed by atoms with Gasteiger partial charge in [-0.25, -0.2) is 4.79 Å². The lowest BCUT2D eigenvalue weighted by Gasteiger charge is -2.17. The zero-order valence-electron chi connectivity index (χ0n) is 18.9. The number of unbranched alkanes of at least 4 members (excludes halogenated alkanes) is 3. The molecule has 0 spiro atoms. The van der Waals surface area contributed by atoms with Crippen LogP contribution in [0.25, 0.3) is 0 Å². The number of aliphatic hydroxyl groups excluding tert-OH is 1. The van der Waals surface area contributed by atoms with Crippen LogP contribution in [-0.2, 0) is 9.59 Å². The number of carbonyl (C=O) groups is 2. The van der Waals surface area contributed by atoms with Gasteiger partial charge in [-0.15, -0.1) is 0 Å². The number of carboxylic acid groups (broad SMARTS) is 1.